The average molecular weight is 380 g/mol. The lowest BCUT2D eigenvalue weighted by Gasteiger charge is -2.32. The second-order valence-corrected chi connectivity index (χ2v) is 8.54. The molecule has 1 saturated heterocycles. The molecule has 2 aromatic carbocycles. The first-order valence-corrected chi connectivity index (χ1v) is 9.39. The molecule has 0 spiro atoms. The normalized spacial score (nSPS) is 18.8. The quantitative estimate of drug-likeness (QED) is 0.432. The highest BCUT2D eigenvalue weighted by Gasteiger charge is 2.52. The smallest absolute Gasteiger partial charge is 0.456 e. The van der Waals surface area contributed by atoms with Gasteiger partial charge in [0.25, 0.3) is 0 Å². The van der Waals surface area contributed by atoms with E-state index in [2.05, 4.69) is 11.1 Å². The molecule has 6 heteroatoms. The van der Waals surface area contributed by atoms with Crippen LogP contribution in [-0.4, -0.2) is 23.3 Å². The van der Waals surface area contributed by atoms with Gasteiger partial charge in [-0.3, -0.25) is 4.98 Å². The highest BCUT2D eigenvalue weighted by atomic mass is 35.5. The Balaban J connectivity index is 1.80. The molecule has 0 aliphatic carbocycles. The molecular formula is C21H19BClNO3. The third-order valence-corrected chi connectivity index (χ3v) is 6.02. The van der Waals surface area contributed by atoms with Gasteiger partial charge in [0.2, 0.25) is 0 Å². The molecule has 136 valence electrons. The first-order chi connectivity index (χ1) is 12.7. The van der Waals surface area contributed by atoms with Gasteiger partial charge in [0.15, 0.2) is 0 Å². The van der Waals surface area contributed by atoms with Gasteiger partial charge in [-0.2, -0.15) is 0 Å². The largest absolute Gasteiger partial charge is 0.495 e. The van der Waals surface area contributed by atoms with E-state index in [1.54, 1.807) is 6.20 Å². The number of pyridine rings is 1. The second kappa shape index (κ2) is 5.47. The van der Waals surface area contributed by atoms with Crippen molar-refractivity contribution in [3.05, 3.63) is 47.6 Å². The number of hydrogen-bond acceptors (Lipinski definition) is 4. The summed E-state index contributed by atoms with van der Waals surface area (Å²) in [5, 5.41) is 3.57. The van der Waals surface area contributed by atoms with Gasteiger partial charge in [0.05, 0.1) is 16.7 Å². The summed E-state index contributed by atoms with van der Waals surface area (Å²) in [6.07, 6.45) is 1.79. The zero-order valence-electron chi connectivity index (χ0n) is 15.7. The molecule has 0 radical (unpaired) electrons. The Morgan fingerprint density at radius 3 is 2.44 bits per heavy atom. The number of fused-ring (bicyclic) bond motifs is 4. The van der Waals surface area contributed by atoms with Crippen LogP contribution in [-0.2, 0) is 9.31 Å². The number of rotatable bonds is 1. The maximum atomic E-state index is 6.39. The van der Waals surface area contributed by atoms with E-state index in [0.29, 0.717) is 5.02 Å². The van der Waals surface area contributed by atoms with E-state index < -0.39 is 18.3 Å². The molecule has 3 heterocycles. The SMILES string of the molecule is CC1(C)OB(c2cc(Cl)cc3oc4cc5cccnc5cc4c23)OC1(C)C. The van der Waals surface area contributed by atoms with Gasteiger partial charge in [0.1, 0.15) is 11.2 Å². The zero-order chi connectivity index (χ0) is 19.0. The summed E-state index contributed by atoms with van der Waals surface area (Å²) in [7, 11) is -0.517. The summed E-state index contributed by atoms with van der Waals surface area (Å²) in [4.78, 5) is 4.48. The molecule has 1 fully saturated rings. The summed E-state index contributed by atoms with van der Waals surface area (Å²) in [5.41, 5.74) is 2.45. The Kier molecular flexibility index (Phi) is 3.46. The molecule has 4 aromatic rings. The molecule has 0 atom stereocenters. The van der Waals surface area contributed by atoms with Crippen molar-refractivity contribution in [1.29, 1.82) is 0 Å². The fraction of sp³-hybridized carbons (Fsp3) is 0.286. The molecule has 0 N–H and O–H groups in total. The van der Waals surface area contributed by atoms with E-state index in [1.807, 2.05) is 58.0 Å². The van der Waals surface area contributed by atoms with Crippen LogP contribution in [0.3, 0.4) is 0 Å². The number of aromatic nitrogens is 1. The van der Waals surface area contributed by atoms with Gasteiger partial charge in [-0.15, -0.1) is 0 Å². The molecule has 5 rings (SSSR count). The predicted molar refractivity (Wildman–Crippen MR) is 110 cm³/mol. The summed E-state index contributed by atoms with van der Waals surface area (Å²) >= 11 is 6.39. The molecule has 0 bridgehead atoms. The van der Waals surface area contributed by atoms with Crippen LogP contribution < -0.4 is 5.46 Å². The van der Waals surface area contributed by atoms with E-state index in [4.69, 9.17) is 25.3 Å². The number of halogens is 1. The molecule has 1 aliphatic heterocycles. The van der Waals surface area contributed by atoms with Crippen LogP contribution in [0.5, 0.6) is 0 Å². The maximum absolute atomic E-state index is 6.39. The highest BCUT2D eigenvalue weighted by Crippen LogP contribution is 2.39. The minimum Gasteiger partial charge on any atom is -0.456 e. The van der Waals surface area contributed by atoms with E-state index >= 15 is 0 Å². The molecule has 0 saturated carbocycles. The number of nitrogens with zero attached hydrogens (tertiary/aromatic N) is 1. The Morgan fingerprint density at radius 2 is 1.70 bits per heavy atom. The van der Waals surface area contributed by atoms with Crippen molar-refractivity contribution >= 4 is 57.0 Å². The number of hydrogen-bond donors (Lipinski definition) is 0. The third kappa shape index (κ3) is 2.49. The van der Waals surface area contributed by atoms with Gasteiger partial charge in [0, 0.05) is 33.4 Å². The molecule has 27 heavy (non-hydrogen) atoms. The molecule has 2 aromatic heterocycles. The lowest BCUT2D eigenvalue weighted by atomic mass is 9.76. The Morgan fingerprint density at radius 1 is 0.963 bits per heavy atom. The number of benzene rings is 2. The summed E-state index contributed by atoms with van der Waals surface area (Å²) in [6, 6.07) is 11.8. The standard InChI is InChI=1S/C21H19BClNO3/c1-20(2)21(3,4)27-22(26-20)15-9-13(23)10-18-19(15)14-11-16-12(6-5-7-24-16)8-17(14)25-18/h5-11H,1-4H3. The van der Waals surface area contributed by atoms with Crippen LogP contribution >= 0.6 is 11.6 Å². The predicted octanol–water partition coefficient (Wildman–Crippen LogP) is 5.09. The van der Waals surface area contributed by atoms with Crippen LogP contribution in [0.2, 0.25) is 5.02 Å². The highest BCUT2D eigenvalue weighted by molar-refractivity contribution is 6.66. The van der Waals surface area contributed by atoms with Crippen molar-refractivity contribution in [1.82, 2.24) is 4.98 Å². The van der Waals surface area contributed by atoms with Crippen LogP contribution in [0, 0.1) is 0 Å². The van der Waals surface area contributed by atoms with Gasteiger partial charge >= 0.3 is 7.12 Å². The summed E-state index contributed by atoms with van der Waals surface area (Å²) in [6.45, 7) is 8.17. The molecule has 0 unspecified atom stereocenters. The van der Waals surface area contributed by atoms with Crippen molar-refractivity contribution in [3.63, 3.8) is 0 Å². The van der Waals surface area contributed by atoms with Crippen molar-refractivity contribution in [2.45, 2.75) is 38.9 Å². The molecule has 0 amide bonds. The van der Waals surface area contributed by atoms with Gasteiger partial charge in [-0.1, -0.05) is 17.7 Å². The summed E-state index contributed by atoms with van der Waals surface area (Å²) < 4.78 is 18.7. The maximum Gasteiger partial charge on any atom is 0.495 e. The lowest BCUT2D eigenvalue weighted by Crippen LogP contribution is -2.41. The molecule has 1 aliphatic rings. The summed E-state index contributed by atoms with van der Waals surface area (Å²) in [5.74, 6) is 0. The van der Waals surface area contributed by atoms with Crippen LogP contribution in [0.1, 0.15) is 27.7 Å². The molecule has 4 nitrogen and oxygen atoms in total. The Hall–Kier alpha value is -2.08. The van der Waals surface area contributed by atoms with Crippen LogP contribution in [0.15, 0.2) is 47.0 Å². The fourth-order valence-electron chi connectivity index (χ4n) is 3.62. The van der Waals surface area contributed by atoms with Crippen LogP contribution in [0.4, 0.5) is 0 Å². The second-order valence-electron chi connectivity index (χ2n) is 8.10. The molecular weight excluding hydrogens is 361 g/mol. The van der Waals surface area contributed by atoms with Gasteiger partial charge < -0.3 is 13.7 Å². The van der Waals surface area contributed by atoms with Crippen LogP contribution in [0.25, 0.3) is 32.8 Å². The fourth-order valence-corrected chi connectivity index (χ4v) is 3.84. The first-order valence-electron chi connectivity index (χ1n) is 9.01. The first kappa shape index (κ1) is 17.1. The van der Waals surface area contributed by atoms with E-state index in [-0.39, 0.29) is 0 Å². The van der Waals surface area contributed by atoms with E-state index in [9.17, 15) is 0 Å². The van der Waals surface area contributed by atoms with E-state index in [0.717, 1.165) is 38.3 Å². The van der Waals surface area contributed by atoms with Gasteiger partial charge in [-0.05, 0) is 57.4 Å². The monoisotopic (exact) mass is 379 g/mol. The topological polar surface area (TPSA) is 44.5 Å². The average Bonchev–Trinajstić information content (AvgIpc) is 3.04. The minimum atomic E-state index is -0.517. The van der Waals surface area contributed by atoms with Crippen molar-refractivity contribution in [2.75, 3.05) is 0 Å². The van der Waals surface area contributed by atoms with Crippen molar-refractivity contribution in [2.24, 2.45) is 0 Å². The number of furan rings is 1. The van der Waals surface area contributed by atoms with E-state index in [1.165, 1.54) is 0 Å². The lowest BCUT2D eigenvalue weighted by molar-refractivity contribution is 0.00578. The third-order valence-electron chi connectivity index (χ3n) is 5.80. The Labute approximate surface area is 162 Å². The van der Waals surface area contributed by atoms with Crippen molar-refractivity contribution in [3.8, 4) is 0 Å². The zero-order valence-corrected chi connectivity index (χ0v) is 16.4. The Bertz CT molecular complexity index is 1200. The minimum absolute atomic E-state index is 0.430. The van der Waals surface area contributed by atoms with Crippen molar-refractivity contribution < 1.29 is 13.7 Å². The van der Waals surface area contributed by atoms with Gasteiger partial charge in [-0.25, -0.2) is 0 Å².